The van der Waals surface area contributed by atoms with Crippen molar-refractivity contribution in [3.63, 3.8) is 0 Å². The lowest BCUT2D eigenvalue weighted by molar-refractivity contribution is 0.218. The van der Waals surface area contributed by atoms with Crippen molar-refractivity contribution < 1.29 is 4.52 Å². The molecule has 2 aliphatic carbocycles. The van der Waals surface area contributed by atoms with Gasteiger partial charge >= 0.3 is 0 Å². The maximum absolute atomic E-state index is 6.49. The average Bonchev–Trinajstić information content (AvgIpc) is 2.87. The van der Waals surface area contributed by atoms with E-state index in [1.165, 1.54) is 44.9 Å². The van der Waals surface area contributed by atoms with Gasteiger partial charge in [-0.3, -0.25) is 0 Å². The van der Waals surface area contributed by atoms with Crippen LogP contribution in [0.4, 0.5) is 0 Å². The fourth-order valence-corrected chi connectivity index (χ4v) is 3.90. The van der Waals surface area contributed by atoms with Crippen LogP contribution in [0.1, 0.15) is 89.3 Å². The monoisotopic (exact) mass is 291 g/mol. The molecule has 0 aliphatic heterocycles. The van der Waals surface area contributed by atoms with Crippen LogP contribution >= 0.6 is 0 Å². The van der Waals surface area contributed by atoms with Crippen LogP contribution in [0.3, 0.4) is 0 Å². The summed E-state index contributed by atoms with van der Waals surface area (Å²) >= 11 is 0. The van der Waals surface area contributed by atoms with Gasteiger partial charge in [-0.05, 0) is 43.9 Å². The SMILES string of the molecule is CC1(C)CCC(c2noc(CC3(N)CCCCC3)n2)CC1. The molecule has 0 amide bonds. The second-order valence-corrected chi connectivity index (χ2v) is 8.08. The normalized spacial score (nSPS) is 25.9. The highest BCUT2D eigenvalue weighted by Gasteiger charge is 2.32. The summed E-state index contributed by atoms with van der Waals surface area (Å²) in [5.74, 6) is 2.15. The van der Waals surface area contributed by atoms with E-state index in [-0.39, 0.29) is 5.54 Å². The minimum Gasteiger partial charge on any atom is -0.339 e. The lowest BCUT2D eigenvalue weighted by Crippen LogP contribution is -2.43. The zero-order valence-electron chi connectivity index (χ0n) is 13.5. The largest absolute Gasteiger partial charge is 0.339 e. The van der Waals surface area contributed by atoms with Crippen LogP contribution < -0.4 is 5.73 Å². The highest BCUT2D eigenvalue weighted by atomic mass is 16.5. The number of nitrogens with two attached hydrogens (primary N) is 1. The van der Waals surface area contributed by atoms with Gasteiger partial charge in [-0.2, -0.15) is 4.98 Å². The van der Waals surface area contributed by atoms with Crippen molar-refractivity contribution in [2.24, 2.45) is 11.1 Å². The molecule has 21 heavy (non-hydrogen) atoms. The molecule has 0 bridgehead atoms. The molecule has 2 N–H and O–H groups in total. The fraction of sp³-hybridized carbons (Fsp3) is 0.882. The van der Waals surface area contributed by atoms with Gasteiger partial charge in [0.05, 0.1) is 0 Å². The van der Waals surface area contributed by atoms with E-state index in [4.69, 9.17) is 10.3 Å². The molecule has 4 heteroatoms. The Morgan fingerprint density at radius 3 is 2.43 bits per heavy atom. The molecule has 1 aromatic rings. The first-order chi connectivity index (χ1) is 9.96. The molecule has 2 saturated carbocycles. The predicted octanol–water partition coefficient (Wildman–Crippen LogP) is 3.96. The maximum atomic E-state index is 6.49. The van der Waals surface area contributed by atoms with Crippen molar-refractivity contribution in [3.05, 3.63) is 11.7 Å². The van der Waals surface area contributed by atoms with Crippen LogP contribution in [0, 0.1) is 5.41 Å². The second kappa shape index (κ2) is 5.71. The fourth-order valence-electron chi connectivity index (χ4n) is 3.90. The molecule has 3 rings (SSSR count). The van der Waals surface area contributed by atoms with Crippen LogP contribution in [-0.2, 0) is 6.42 Å². The van der Waals surface area contributed by atoms with E-state index in [1.54, 1.807) is 0 Å². The Hall–Kier alpha value is -0.900. The molecule has 0 saturated heterocycles. The van der Waals surface area contributed by atoms with Crippen LogP contribution in [0.15, 0.2) is 4.52 Å². The van der Waals surface area contributed by atoms with Gasteiger partial charge in [0.2, 0.25) is 5.89 Å². The van der Waals surface area contributed by atoms with Gasteiger partial charge in [0.25, 0.3) is 0 Å². The van der Waals surface area contributed by atoms with Gasteiger partial charge in [-0.15, -0.1) is 0 Å². The Morgan fingerprint density at radius 2 is 1.76 bits per heavy atom. The molecule has 0 unspecified atom stereocenters. The third-order valence-corrected chi connectivity index (χ3v) is 5.54. The summed E-state index contributed by atoms with van der Waals surface area (Å²) in [6.07, 6.45) is 11.6. The lowest BCUT2D eigenvalue weighted by Gasteiger charge is -2.33. The van der Waals surface area contributed by atoms with Crippen LogP contribution in [-0.4, -0.2) is 15.7 Å². The van der Waals surface area contributed by atoms with Crippen molar-refractivity contribution >= 4 is 0 Å². The molecule has 0 atom stereocenters. The lowest BCUT2D eigenvalue weighted by atomic mass is 9.73. The molecule has 0 aromatic carbocycles. The van der Waals surface area contributed by atoms with E-state index in [0.29, 0.717) is 11.3 Å². The quantitative estimate of drug-likeness (QED) is 0.915. The highest BCUT2D eigenvalue weighted by Crippen LogP contribution is 2.41. The highest BCUT2D eigenvalue weighted by molar-refractivity contribution is 5.02. The standard InChI is InChI=1S/C17H29N3O/c1-16(2)10-6-13(7-11-16)15-19-14(21-20-15)12-17(18)8-4-3-5-9-17/h13H,3-12,18H2,1-2H3. The zero-order valence-corrected chi connectivity index (χ0v) is 13.5. The number of rotatable bonds is 3. The van der Waals surface area contributed by atoms with E-state index in [2.05, 4.69) is 24.0 Å². The molecule has 4 nitrogen and oxygen atoms in total. The van der Waals surface area contributed by atoms with E-state index < -0.39 is 0 Å². The molecular formula is C17H29N3O. The summed E-state index contributed by atoms with van der Waals surface area (Å²) in [7, 11) is 0. The topological polar surface area (TPSA) is 64.9 Å². The smallest absolute Gasteiger partial charge is 0.228 e. The van der Waals surface area contributed by atoms with Gasteiger partial charge in [-0.25, -0.2) is 0 Å². The Balaban J connectivity index is 1.61. The summed E-state index contributed by atoms with van der Waals surface area (Å²) in [5.41, 5.74) is 6.85. The Kier molecular flexibility index (Phi) is 4.08. The number of aromatic nitrogens is 2. The van der Waals surface area contributed by atoms with Crippen LogP contribution in [0.25, 0.3) is 0 Å². The second-order valence-electron chi connectivity index (χ2n) is 8.08. The van der Waals surface area contributed by atoms with E-state index in [9.17, 15) is 0 Å². The van der Waals surface area contributed by atoms with Gasteiger partial charge < -0.3 is 10.3 Å². The molecule has 0 spiro atoms. The van der Waals surface area contributed by atoms with Gasteiger partial charge in [0.15, 0.2) is 5.82 Å². The van der Waals surface area contributed by atoms with Crippen molar-refractivity contribution in [2.45, 2.75) is 89.5 Å². The minimum absolute atomic E-state index is 0.114. The zero-order chi connectivity index (χ0) is 14.9. The van der Waals surface area contributed by atoms with Crippen molar-refractivity contribution in [1.82, 2.24) is 10.1 Å². The van der Waals surface area contributed by atoms with Gasteiger partial charge in [0, 0.05) is 17.9 Å². The summed E-state index contributed by atoms with van der Waals surface area (Å²) in [6.45, 7) is 4.71. The third kappa shape index (κ3) is 3.65. The molecule has 118 valence electrons. The Bertz CT molecular complexity index is 464. The molecule has 2 fully saturated rings. The molecule has 0 radical (unpaired) electrons. The maximum Gasteiger partial charge on any atom is 0.228 e. The average molecular weight is 291 g/mol. The summed E-state index contributed by atoms with van der Waals surface area (Å²) < 4.78 is 5.50. The van der Waals surface area contributed by atoms with E-state index >= 15 is 0 Å². The van der Waals surface area contributed by atoms with Crippen molar-refractivity contribution in [3.8, 4) is 0 Å². The molecule has 2 aliphatic rings. The van der Waals surface area contributed by atoms with Gasteiger partial charge in [-0.1, -0.05) is 38.3 Å². The van der Waals surface area contributed by atoms with Crippen LogP contribution in [0.5, 0.6) is 0 Å². The summed E-state index contributed by atoms with van der Waals surface area (Å²) in [4.78, 5) is 4.66. The number of nitrogens with zero attached hydrogens (tertiary/aromatic N) is 2. The van der Waals surface area contributed by atoms with E-state index in [0.717, 1.165) is 31.0 Å². The number of hydrogen-bond acceptors (Lipinski definition) is 4. The molecule has 1 aromatic heterocycles. The third-order valence-electron chi connectivity index (χ3n) is 5.54. The van der Waals surface area contributed by atoms with Gasteiger partial charge in [0.1, 0.15) is 0 Å². The van der Waals surface area contributed by atoms with Crippen LogP contribution in [0.2, 0.25) is 0 Å². The Morgan fingerprint density at radius 1 is 1.10 bits per heavy atom. The first-order valence-corrected chi connectivity index (χ1v) is 8.57. The van der Waals surface area contributed by atoms with Crippen molar-refractivity contribution in [1.29, 1.82) is 0 Å². The van der Waals surface area contributed by atoms with E-state index in [1.807, 2.05) is 0 Å². The minimum atomic E-state index is -0.114. The number of hydrogen-bond donors (Lipinski definition) is 1. The predicted molar refractivity (Wildman–Crippen MR) is 83.0 cm³/mol. The summed E-state index contributed by atoms with van der Waals surface area (Å²) in [5, 5.41) is 4.24. The Labute approximate surface area is 127 Å². The molecular weight excluding hydrogens is 262 g/mol. The first kappa shape index (κ1) is 15.0. The summed E-state index contributed by atoms with van der Waals surface area (Å²) in [6, 6.07) is 0. The molecule has 1 heterocycles. The van der Waals surface area contributed by atoms with Crippen molar-refractivity contribution in [2.75, 3.05) is 0 Å². The first-order valence-electron chi connectivity index (χ1n) is 8.57.